The number of carbonyl (C=O) groups excluding carboxylic acids is 3. The number of amides is 3. The highest BCUT2D eigenvalue weighted by molar-refractivity contribution is 7.89. The third-order valence-corrected chi connectivity index (χ3v) is 11.2. The van der Waals surface area contributed by atoms with Crippen molar-refractivity contribution in [1.29, 1.82) is 0 Å². The molecule has 1 aromatic heterocycles. The standard InChI is InChI=1S/C38H45ClN6O5S/c1-43(2)23-26-19-28-20-30(39)10-13-35(28)45(24-26)38(48)34(21-29-22-41-33-6-4-3-5-32(29)33)42-36(46)14-7-25-15-17-44(18-16-25)37(47)27-8-11-31(12-9-27)51(40,49)50/h3-6,8-13,20,22,25-26,34,41H,7,14-19,21,23-24H2,1-2H3,(H,42,46)(H2,40,49,50)/t26-,34-/m1/s1. The van der Waals surface area contributed by atoms with Gasteiger partial charge in [-0.05, 0) is 111 Å². The summed E-state index contributed by atoms with van der Waals surface area (Å²) in [5, 5.41) is 9.95. The fraction of sp³-hybridized carbons (Fsp3) is 0.395. The normalized spacial score (nSPS) is 17.4. The molecule has 0 saturated carbocycles. The number of hydrogen-bond acceptors (Lipinski definition) is 6. The molecule has 0 aliphatic carbocycles. The van der Waals surface area contributed by atoms with Gasteiger partial charge in [-0.15, -0.1) is 0 Å². The van der Waals surface area contributed by atoms with Crippen molar-refractivity contribution < 1.29 is 22.8 Å². The number of aromatic amines is 1. The van der Waals surface area contributed by atoms with Crippen molar-refractivity contribution in [1.82, 2.24) is 20.1 Å². The fourth-order valence-electron chi connectivity index (χ4n) is 7.47. The lowest BCUT2D eigenvalue weighted by atomic mass is 9.90. The summed E-state index contributed by atoms with van der Waals surface area (Å²) in [5.74, 6) is -0.0408. The Kier molecular flexibility index (Phi) is 11.2. The van der Waals surface area contributed by atoms with Crippen molar-refractivity contribution >= 4 is 55.9 Å². The average molecular weight is 733 g/mol. The number of hydrogen-bond donors (Lipinski definition) is 3. The lowest BCUT2D eigenvalue weighted by Crippen LogP contribution is -2.53. The zero-order valence-electron chi connectivity index (χ0n) is 29.0. The Morgan fingerprint density at radius 2 is 1.75 bits per heavy atom. The zero-order chi connectivity index (χ0) is 36.3. The number of likely N-dealkylation sites (tertiary alicyclic amines) is 1. The molecule has 3 heterocycles. The van der Waals surface area contributed by atoms with Gasteiger partial charge in [0.15, 0.2) is 0 Å². The molecule has 1 saturated heterocycles. The van der Waals surface area contributed by atoms with Gasteiger partial charge in [-0.1, -0.05) is 29.8 Å². The number of sulfonamides is 1. The van der Waals surface area contributed by atoms with E-state index in [0.717, 1.165) is 53.5 Å². The summed E-state index contributed by atoms with van der Waals surface area (Å²) < 4.78 is 23.1. The maximum absolute atomic E-state index is 14.5. The quantitative estimate of drug-likeness (QED) is 0.205. The number of primary sulfonamides is 1. The van der Waals surface area contributed by atoms with Crippen LogP contribution in [0.3, 0.4) is 0 Å². The number of rotatable bonds is 11. The van der Waals surface area contributed by atoms with E-state index in [9.17, 15) is 22.8 Å². The van der Waals surface area contributed by atoms with E-state index in [4.69, 9.17) is 16.7 Å². The van der Waals surface area contributed by atoms with Gasteiger partial charge in [-0.3, -0.25) is 14.4 Å². The van der Waals surface area contributed by atoms with Crippen molar-refractivity contribution in [2.24, 2.45) is 17.0 Å². The van der Waals surface area contributed by atoms with Crippen LogP contribution in [0.25, 0.3) is 10.9 Å². The molecule has 2 aliphatic heterocycles. The van der Waals surface area contributed by atoms with Crippen LogP contribution in [0.1, 0.15) is 47.2 Å². The fourth-order valence-corrected chi connectivity index (χ4v) is 8.18. The second-order valence-corrected chi connectivity index (χ2v) is 16.1. The number of para-hydroxylation sites is 1. The molecule has 0 unspecified atom stereocenters. The minimum absolute atomic E-state index is 0.0411. The van der Waals surface area contributed by atoms with Crippen LogP contribution < -0.4 is 15.4 Å². The van der Waals surface area contributed by atoms with Gasteiger partial charge in [0, 0.05) is 72.4 Å². The molecule has 51 heavy (non-hydrogen) atoms. The van der Waals surface area contributed by atoms with Crippen molar-refractivity contribution in [3.05, 3.63) is 94.6 Å². The minimum atomic E-state index is -3.84. The molecule has 1 fully saturated rings. The topological polar surface area (TPSA) is 149 Å². The summed E-state index contributed by atoms with van der Waals surface area (Å²) in [5.41, 5.74) is 4.19. The Morgan fingerprint density at radius 3 is 2.45 bits per heavy atom. The van der Waals surface area contributed by atoms with E-state index in [2.05, 4.69) is 15.2 Å². The molecule has 270 valence electrons. The summed E-state index contributed by atoms with van der Waals surface area (Å²) in [6.45, 7) is 2.43. The summed E-state index contributed by atoms with van der Waals surface area (Å²) in [6, 6.07) is 18.5. The van der Waals surface area contributed by atoms with E-state index >= 15 is 0 Å². The first-order valence-electron chi connectivity index (χ1n) is 17.4. The molecule has 0 bridgehead atoms. The van der Waals surface area contributed by atoms with E-state index in [1.54, 1.807) is 4.90 Å². The van der Waals surface area contributed by atoms with Crippen LogP contribution in [-0.2, 0) is 32.5 Å². The molecule has 3 amide bonds. The Hall–Kier alpha value is -4.23. The summed E-state index contributed by atoms with van der Waals surface area (Å²) in [7, 11) is 0.216. The highest BCUT2D eigenvalue weighted by atomic mass is 35.5. The monoisotopic (exact) mass is 732 g/mol. The van der Waals surface area contributed by atoms with Gasteiger partial charge >= 0.3 is 0 Å². The minimum Gasteiger partial charge on any atom is -0.361 e. The number of nitrogens with zero attached hydrogens (tertiary/aromatic N) is 3. The van der Waals surface area contributed by atoms with Crippen LogP contribution in [0.15, 0.2) is 77.8 Å². The third kappa shape index (κ3) is 8.81. The Balaban J connectivity index is 1.12. The lowest BCUT2D eigenvalue weighted by Gasteiger charge is -2.37. The zero-order valence-corrected chi connectivity index (χ0v) is 30.6. The lowest BCUT2D eigenvalue weighted by molar-refractivity contribution is -0.127. The molecular formula is C38H45ClN6O5S. The Morgan fingerprint density at radius 1 is 1.02 bits per heavy atom. The molecule has 2 atom stereocenters. The molecule has 3 aromatic carbocycles. The van der Waals surface area contributed by atoms with E-state index < -0.39 is 16.1 Å². The number of piperidine rings is 1. The maximum atomic E-state index is 14.5. The van der Waals surface area contributed by atoms with Gasteiger partial charge in [0.05, 0.1) is 4.90 Å². The first-order chi connectivity index (χ1) is 24.4. The highest BCUT2D eigenvalue weighted by Gasteiger charge is 2.34. The second kappa shape index (κ2) is 15.6. The number of anilines is 1. The van der Waals surface area contributed by atoms with Gasteiger partial charge in [-0.2, -0.15) is 0 Å². The van der Waals surface area contributed by atoms with Crippen LogP contribution in [0.2, 0.25) is 5.02 Å². The Bertz CT molecular complexity index is 2010. The van der Waals surface area contributed by atoms with Crippen molar-refractivity contribution in [2.45, 2.75) is 49.5 Å². The number of nitrogens with one attached hydrogen (secondary N) is 2. The Labute approximate surface area is 304 Å². The number of fused-ring (bicyclic) bond motifs is 2. The van der Waals surface area contributed by atoms with Gasteiger partial charge in [0.25, 0.3) is 5.91 Å². The van der Waals surface area contributed by atoms with Gasteiger partial charge in [-0.25, -0.2) is 13.6 Å². The van der Waals surface area contributed by atoms with Crippen molar-refractivity contribution in [3.63, 3.8) is 0 Å². The van der Waals surface area contributed by atoms with Crippen LogP contribution in [0, 0.1) is 11.8 Å². The van der Waals surface area contributed by atoms with Crippen LogP contribution in [-0.4, -0.2) is 87.2 Å². The molecule has 2 aliphatic rings. The molecule has 4 aromatic rings. The van der Waals surface area contributed by atoms with Gasteiger partial charge < -0.3 is 25.0 Å². The third-order valence-electron chi connectivity index (χ3n) is 10.0. The summed E-state index contributed by atoms with van der Waals surface area (Å²) in [6.07, 6.45) is 5.46. The molecule has 13 heteroatoms. The smallest absolute Gasteiger partial charge is 0.253 e. The molecule has 0 spiro atoms. The molecule has 4 N–H and O–H groups in total. The maximum Gasteiger partial charge on any atom is 0.253 e. The van der Waals surface area contributed by atoms with Crippen molar-refractivity contribution in [3.8, 4) is 0 Å². The molecule has 0 radical (unpaired) electrons. The van der Waals surface area contributed by atoms with Crippen LogP contribution >= 0.6 is 11.6 Å². The molecular weight excluding hydrogens is 688 g/mol. The van der Waals surface area contributed by atoms with Crippen molar-refractivity contribution in [2.75, 3.05) is 45.2 Å². The van der Waals surface area contributed by atoms with E-state index in [1.165, 1.54) is 24.3 Å². The van der Waals surface area contributed by atoms with Crippen LogP contribution in [0.5, 0.6) is 0 Å². The van der Waals surface area contributed by atoms with Gasteiger partial charge in [0.2, 0.25) is 21.8 Å². The largest absolute Gasteiger partial charge is 0.361 e. The van der Waals surface area contributed by atoms with Crippen LogP contribution in [0.4, 0.5) is 5.69 Å². The summed E-state index contributed by atoms with van der Waals surface area (Å²) in [4.78, 5) is 50.2. The molecule has 6 rings (SSSR count). The number of H-pyrrole nitrogens is 1. The average Bonchev–Trinajstić information content (AvgIpc) is 3.51. The highest BCUT2D eigenvalue weighted by Crippen LogP contribution is 2.33. The summed E-state index contributed by atoms with van der Waals surface area (Å²) >= 11 is 6.39. The van der Waals surface area contributed by atoms with Gasteiger partial charge in [0.1, 0.15) is 6.04 Å². The number of nitrogens with two attached hydrogens (primary N) is 1. The number of halogens is 1. The first kappa shape index (κ1) is 36.6. The predicted molar refractivity (Wildman–Crippen MR) is 199 cm³/mol. The second-order valence-electron chi connectivity index (χ2n) is 14.1. The molecule has 11 nitrogen and oxygen atoms in total. The van der Waals surface area contributed by atoms with E-state index in [1.807, 2.05) is 67.7 Å². The number of carbonyl (C=O) groups is 3. The number of aromatic nitrogens is 1. The predicted octanol–water partition coefficient (Wildman–Crippen LogP) is 4.60. The number of benzene rings is 3. The SMILES string of the molecule is CN(C)C[C@H]1Cc2cc(Cl)ccc2N(C(=O)[C@@H](Cc2c[nH]c3ccccc23)NC(=O)CCC2CCN(C(=O)c3ccc(S(N)(=O)=O)cc3)CC2)C1. The first-order valence-corrected chi connectivity index (χ1v) is 19.3. The van der Waals surface area contributed by atoms with E-state index in [0.29, 0.717) is 43.1 Å². The van der Waals surface area contributed by atoms with E-state index in [-0.39, 0.29) is 40.9 Å².